The number of fused-ring (bicyclic) bond motifs is 1. The Morgan fingerprint density at radius 1 is 1.32 bits per heavy atom. The van der Waals surface area contributed by atoms with Crippen LogP contribution in [0.3, 0.4) is 0 Å². The Morgan fingerprint density at radius 2 is 2.05 bits per heavy atom. The third-order valence-electron chi connectivity index (χ3n) is 3.49. The van der Waals surface area contributed by atoms with Crippen LogP contribution in [0.5, 0.6) is 0 Å². The summed E-state index contributed by atoms with van der Waals surface area (Å²) in [6.07, 6.45) is 1.81. The highest BCUT2D eigenvalue weighted by Gasteiger charge is 2.15. The first-order valence-electron chi connectivity index (χ1n) is 7.06. The monoisotopic (exact) mass is 320 g/mol. The fraction of sp³-hybridized carbons (Fsp3) is 0.333. The van der Waals surface area contributed by atoms with Gasteiger partial charge in [-0.3, -0.25) is 0 Å². The van der Waals surface area contributed by atoms with Crippen molar-refractivity contribution in [1.82, 2.24) is 14.6 Å². The smallest absolute Gasteiger partial charge is 0.214 e. The summed E-state index contributed by atoms with van der Waals surface area (Å²) < 4.78 is 14.7. The summed E-state index contributed by atoms with van der Waals surface area (Å²) in [6.45, 7) is 4.14. The lowest BCUT2D eigenvalue weighted by Crippen LogP contribution is -2.29. The second kappa shape index (κ2) is 6.02. The maximum absolute atomic E-state index is 13.0. The molecule has 0 radical (unpaired) electrons. The van der Waals surface area contributed by atoms with E-state index in [-0.39, 0.29) is 18.5 Å². The van der Waals surface area contributed by atoms with E-state index in [4.69, 9.17) is 0 Å². The van der Waals surface area contributed by atoms with E-state index in [0.29, 0.717) is 5.92 Å². The highest BCUT2D eigenvalue weighted by Crippen LogP contribution is 2.25. The second-order valence-electron chi connectivity index (χ2n) is 5.44. The largest absolute Gasteiger partial charge is 0.394 e. The maximum atomic E-state index is 13.0. The molecule has 3 rings (SSSR count). The molecule has 0 bridgehead atoms. The molecule has 116 valence electrons. The Bertz CT molecular complexity index is 734. The van der Waals surface area contributed by atoms with E-state index in [2.05, 4.69) is 15.4 Å². The van der Waals surface area contributed by atoms with Crippen molar-refractivity contribution in [3.63, 3.8) is 0 Å². The zero-order valence-corrected chi connectivity index (χ0v) is 13.1. The molecule has 0 aliphatic heterocycles. The number of nitrogens with one attached hydrogen (secondary N) is 1. The number of imidazole rings is 1. The van der Waals surface area contributed by atoms with E-state index in [1.165, 1.54) is 23.5 Å². The van der Waals surface area contributed by atoms with Gasteiger partial charge in [0, 0.05) is 5.56 Å². The molecule has 0 spiro atoms. The Morgan fingerprint density at radius 3 is 2.64 bits per heavy atom. The van der Waals surface area contributed by atoms with Crippen LogP contribution in [0.2, 0.25) is 0 Å². The van der Waals surface area contributed by atoms with Gasteiger partial charge in [0.25, 0.3) is 0 Å². The lowest BCUT2D eigenvalue weighted by Gasteiger charge is -2.18. The fourth-order valence-electron chi connectivity index (χ4n) is 2.10. The molecule has 2 heterocycles. The van der Waals surface area contributed by atoms with Gasteiger partial charge in [-0.1, -0.05) is 25.2 Å². The zero-order valence-electron chi connectivity index (χ0n) is 12.3. The molecule has 1 aromatic carbocycles. The van der Waals surface area contributed by atoms with E-state index in [0.717, 1.165) is 21.3 Å². The molecule has 0 saturated heterocycles. The van der Waals surface area contributed by atoms with Gasteiger partial charge in [0.2, 0.25) is 10.1 Å². The molecule has 0 unspecified atom stereocenters. The molecular weight excluding hydrogens is 303 g/mol. The predicted octanol–water partition coefficient (Wildman–Crippen LogP) is 3.03. The third kappa shape index (κ3) is 2.95. The van der Waals surface area contributed by atoms with E-state index < -0.39 is 0 Å². The minimum Gasteiger partial charge on any atom is -0.394 e. The molecule has 1 atom stereocenters. The van der Waals surface area contributed by atoms with E-state index in [1.807, 2.05) is 20.0 Å². The number of hydrogen-bond donors (Lipinski definition) is 2. The number of rotatable bonds is 5. The van der Waals surface area contributed by atoms with Gasteiger partial charge in [0.15, 0.2) is 0 Å². The molecule has 0 fully saturated rings. The minimum atomic E-state index is -0.266. The minimum absolute atomic E-state index is 0.0348. The normalized spacial score (nSPS) is 13.0. The number of hydrogen-bond acceptors (Lipinski definition) is 5. The Kier molecular flexibility index (Phi) is 4.08. The Hall–Kier alpha value is -1.99. The second-order valence-corrected chi connectivity index (χ2v) is 6.40. The van der Waals surface area contributed by atoms with Crippen LogP contribution < -0.4 is 5.32 Å². The predicted molar refractivity (Wildman–Crippen MR) is 85.6 cm³/mol. The van der Waals surface area contributed by atoms with Gasteiger partial charge in [-0.15, -0.1) is 5.10 Å². The van der Waals surface area contributed by atoms with Crippen molar-refractivity contribution in [1.29, 1.82) is 0 Å². The molecule has 5 nitrogen and oxygen atoms in total. The number of anilines is 1. The van der Waals surface area contributed by atoms with Gasteiger partial charge >= 0.3 is 0 Å². The number of aliphatic hydroxyl groups excluding tert-OH is 1. The van der Waals surface area contributed by atoms with E-state index in [9.17, 15) is 9.50 Å². The summed E-state index contributed by atoms with van der Waals surface area (Å²) >= 11 is 1.42. The van der Waals surface area contributed by atoms with E-state index in [1.54, 1.807) is 16.6 Å². The van der Waals surface area contributed by atoms with E-state index >= 15 is 0 Å². The van der Waals surface area contributed by atoms with Gasteiger partial charge < -0.3 is 10.4 Å². The van der Waals surface area contributed by atoms with Crippen molar-refractivity contribution in [3.8, 4) is 11.3 Å². The van der Waals surface area contributed by atoms with Gasteiger partial charge in [-0.25, -0.2) is 13.9 Å². The number of aliphatic hydroxyl groups is 1. The molecule has 0 amide bonds. The molecular formula is C15H17FN4OS. The van der Waals surface area contributed by atoms with Crippen LogP contribution >= 0.6 is 11.3 Å². The Balaban J connectivity index is 1.84. The standard InChI is InChI=1S/C15H17FN4OS/c1-9(2)13(8-21)17-14-19-20-7-12(18-15(20)22-14)10-3-5-11(16)6-4-10/h3-7,9,13,21H,8H2,1-2H3,(H,17,19)/t13-/m1/s1. The summed E-state index contributed by atoms with van der Waals surface area (Å²) in [5.41, 5.74) is 1.61. The topological polar surface area (TPSA) is 62.5 Å². The third-order valence-corrected chi connectivity index (χ3v) is 4.35. The molecule has 2 N–H and O–H groups in total. The van der Waals surface area contributed by atoms with Crippen LogP contribution in [0.1, 0.15) is 13.8 Å². The first kappa shape index (κ1) is 14.9. The van der Waals surface area contributed by atoms with Gasteiger partial charge in [-0.2, -0.15) is 0 Å². The molecule has 0 aliphatic rings. The average Bonchev–Trinajstić information content (AvgIpc) is 3.03. The highest BCUT2D eigenvalue weighted by atomic mass is 32.1. The maximum Gasteiger partial charge on any atom is 0.214 e. The summed E-state index contributed by atoms with van der Waals surface area (Å²) in [6, 6.07) is 6.19. The summed E-state index contributed by atoms with van der Waals surface area (Å²) in [5, 5.41) is 17.7. The van der Waals surface area contributed by atoms with Crippen molar-refractivity contribution in [3.05, 3.63) is 36.3 Å². The van der Waals surface area contributed by atoms with Crippen LogP contribution in [-0.4, -0.2) is 32.4 Å². The van der Waals surface area contributed by atoms with Crippen molar-refractivity contribution < 1.29 is 9.50 Å². The number of halogens is 1. The molecule has 3 aromatic rings. The fourth-order valence-corrected chi connectivity index (χ4v) is 2.94. The lowest BCUT2D eigenvalue weighted by molar-refractivity contribution is 0.249. The van der Waals surface area contributed by atoms with Crippen molar-refractivity contribution in [2.45, 2.75) is 19.9 Å². The van der Waals surface area contributed by atoms with Gasteiger partial charge in [0.05, 0.1) is 24.5 Å². The molecule has 0 aliphatic carbocycles. The van der Waals surface area contributed by atoms with Crippen LogP contribution in [0, 0.1) is 11.7 Å². The number of benzene rings is 1. The molecule has 22 heavy (non-hydrogen) atoms. The van der Waals surface area contributed by atoms with Crippen LogP contribution in [0.25, 0.3) is 16.2 Å². The number of aromatic nitrogens is 3. The first-order valence-corrected chi connectivity index (χ1v) is 7.88. The summed E-state index contributed by atoms with van der Waals surface area (Å²) in [5.74, 6) is 0.0362. The summed E-state index contributed by atoms with van der Waals surface area (Å²) in [4.78, 5) is 5.26. The SMILES string of the molecule is CC(C)[C@@H](CO)Nc1nn2cc(-c3ccc(F)cc3)nc2s1. The van der Waals surface area contributed by atoms with Gasteiger partial charge in [0.1, 0.15) is 5.82 Å². The number of nitrogens with zero attached hydrogens (tertiary/aromatic N) is 3. The zero-order chi connectivity index (χ0) is 15.7. The average molecular weight is 320 g/mol. The van der Waals surface area contributed by atoms with Gasteiger partial charge in [-0.05, 0) is 30.2 Å². The molecule has 7 heteroatoms. The van der Waals surface area contributed by atoms with Crippen molar-refractivity contribution >= 4 is 21.4 Å². The quantitative estimate of drug-likeness (QED) is 0.758. The highest BCUT2D eigenvalue weighted by molar-refractivity contribution is 7.20. The Labute approximate surface area is 131 Å². The van der Waals surface area contributed by atoms with Crippen molar-refractivity contribution in [2.75, 3.05) is 11.9 Å². The molecule has 0 saturated carbocycles. The van der Waals surface area contributed by atoms with Crippen molar-refractivity contribution in [2.24, 2.45) is 5.92 Å². The van der Waals surface area contributed by atoms with Crippen LogP contribution in [0.15, 0.2) is 30.5 Å². The van der Waals surface area contributed by atoms with Crippen LogP contribution in [0.4, 0.5) is 9.52 Å². The molecule has 2 aromatic heterocycles. The summed E-state index contributed by atoms with van der Waals surface area (Å²) in [7, 11) is 0. The first-order chi connectivity index (χ1) is 10.6. The van der Waals surface area contributed by atoms with Crippen LogP contribution in [-0.2, 0) is 0 Å². The lowest BCUT2D eigenvalue weighted by atomic mass is 10.1.